The zero-order chi connectivity index (χ0) is 43.3. The number of nitrogens with zero attached hydrogens (tertiary/aromatic N) is 2. The summed E-state index contributed by atoms with van der Waals surface area (Å²) < 4.78 is 13.6. The second kappa shape index (κ2) is 15.0. The molecule has 0 atom stereocenters. The maximum absolute atomic E-state index is 6.79. The molecule has 2 heterocycles. The normalized spacial score (nSPS) is 15.0. The van der Waals surface area contributed by atoms with Crippen LogP contribution in [0.25, 0.3) is 76.2 Å². The van der Waals surface area contributed by atoms with Crippen LogP contribution in [0.15, 0.2) is 191 Å². The SMILES string of the molecule is c1ccc2c(c1)oc1c(N(c3ccc(C4CCCC4)cc3)c3ccc4ccc5c(N(c6ccc(C7CCCC7)cc6)c6cccc7c6oc6ccccc67)ccc6ccc3c4c65)cccc12. The zero-order valence-electron chi connectivity index (χ0n) is 36.8. The van der Waals surface area contributed by atoms with E-state index in [0.717, 1.165) is 78.0 Å². The topological polar surface area (TPSA) is 32.8 Å². The van der Waals surface area contributed by atoms with Gasteiger partial charge in [0.25, 0.3) is 0 Å². The lowest BCUT2D eigenvalue weighted by Gasteiger charge is -2.29. The predicted octanol–water partition coefficient (Wildman–Crippen LogP) is 18.6. The Morgan fingerprint density at radius 1 is 0.318 bits per heavy atom. The first-order valence-corrected chi connectivity index (χ1v) is 24.0. The first kappa shape index (κ1) is 37.8. The Kier molecular flexibility index (Phi) is 8.59. The minimum Gasteiger partial charge on any atom is -0.454 e. The highest BCUT2D eigenvalue weighted by Gasteiger charge is 2.27. The van der Waals surface area contributed by atoms with E-state index >= 15 is 0 Å². The van der Waals surface area contributed by atoms with Crippen molar-refractivity contribution in [2.45, 2.75) is 63.2 Å². The molecule has 0 saturated heterocycles. The van der Waals surface area contributed by atoms with Crippen LogP contribution in [-0.2, 0) is 0 Å². The Labute approximate surface area is 383 Å². The molecule has 0 N–H and O–H groups in total. The van der Waals surface area contributed by atoms with Crippen molar-refractivity contribution in [1.29, 1.82) is 0 Å². The smallest absolute Gasteiger partial charge is 0.159 e. The van der Waals surface area contributed by atoms with Crippen molar-refractivity contribution < 1.29 is 8.83 Å². The molecule has 0 aliphatic heterocycles. The quantitative estimate of drug-likeness (QED) is 0.143. The van der Waals surface area contributed by atoms with Gasteiger partial charge >= 0.3 is 0 Å². The van der Waals surface area contributed by atoms with Crippen LogP contribution >= 0.6 is 0 Å². The maximum atomic E-state index is 6.79. The van der Waals surface area contributed by atoms with E-state index in [1.165, 1.54) is 94.8 Å². The van der Waals surface area contributed by atoms with Crippen LogP contribution in [-0.4, -0.2) is 0 Å². The van der Waals surface area contributed by atoms with Crippen molar-refractivity contribution in [2.75, 3.05) is 9.80 Å². The molecule has 318 valence electrons. The number of hydrogen-bond donors (Lipinski definition) is 0. The lowest BCUT2D eigenvalue weighted by molar-refractivity contribution is 0.668. The van der Waals surface area contributed by atoms with Crippen molar-refractivity contribution in [1.82, 2.24) is 0 Å². The molecule has 10 aromatic carbocycles. The van der Waals surface area contributed by atoms with Crippen LogP contribution in [0.5, 0.6) is 0 Å². The molecule has 4 heteroatoms. The maximum Gasteiger partial charge on any atom is 0.159 e. The largest absolute Gasteiger partial charge is 0.454 e. The summed E-state index contributed by atoms with van der Waals surface area (Å²) in [4.78, 5) is 4.88. The summed E-state index contributed by atoms with van der Waals surface area (Å²) >= 11 is 0. The van der Waals surface area contributed by atoms with Crippen LogP contribution in [0.2, 0.25) is 0 Å². The van der Waals surface area contributed by atoms with Crippen molar-refractivity contribution in [3.8, 4) is 0 Å². The average molecular weight is 853 g/mol. The van der Waals surface area contributed by atoms with Gasteiger partial charge < -0.3 is 18.6 Å². The molecule has 0 spiro atoms. The summed E-state index contributed by atoms with van der Waals surface area (Å²) in [7, 11) is 0. The Morgan fingerprint density at radius 3 is 1.15 bits per heavy atom. The first-order chi connectivity index (χ1) is 32.7. The summed E-state index contributed by atoms with van der Waals surface area (Å²) in [5, 5.41) is 11.8. The van der Waals surface area contributed by atoms with E-state index in [2.05, 4.69) is 192 Å². The van der Waals surface area contributed by atoms with Crippen molar-refractivity contribution in [3.05, 3.63) is 193 Å². The highest BCUT2D eigenvalue weighted by atomic mass is 16.3. The molecule has 2 aliphatic rings. The summed E-state index contributed by atoms with van der Waals surface area (Å²) in [6.07, 6.45) is 10.4. The van der Waals surface area contributed by atoms with Crippen LogP contribution in [0.3, 0.4) is 0 Å². The number of fused-ring (bicyclic) bond motifs is 6. The second-order valence-electron chi connectivity index (χ2n) is 18.9. The van der Waals surface area contributed by atoms with Gasteiger partial charge in [0.2, 0.25) is 0 Å². The second-order valence-corrected chi connectivity index (χ2v) is 18.9. The number of anilines is 6. The lowest BCUT2D eigenvalue weighted by Crippen LogP contribution is -2.12. The highest BCUT2D eigenvalue weighted by Crippen LogP contribution is 2.51. The zero-order valence-corrected chi connectivity index (χ0v) is 36.8. The van der Waals surface area contributed by atoms with Gasteiger partial charge in [-0.2, -0.15) is 0 Å². The summed E-state index contributed by atoms with van der Waals surface area (Å²) in [6.45, 7) is 0. The molecule has 0 unspecified atom stereocenters. The van der Waals surface area contributed by atoms with Crippen LogP contribution in [0.4, 0.5) is 34.1 Å². The molecule has 12 aromatic rings. The van der Waals surface area contributed by atoms with E-state index in [1.807, 2.05) is 0 Å². The van der Waals surface area contributed by atoms with Crippen LogP contribution in [0.1, 0.15) is 74.3 Å². The minimum absolute atomic E-state index is 0.638. The standard InChI is InChI=1S/C62H48N2O2/c1-2-12-39(11-1)41-23-31-45(32-24-41)63(55-19-9-17-49-47-15-5-7-21-57(47)65-61(49)55)53-37-29-43-28-36-52-54(38-30-44-27-35-51(53)59(43)60(44)52)64(46-33-25-42(26-34-46)40-13-3-4-14-40)56-20-10-18-50-48-16-6-8-22-58(48)66-62(50)56/h5-10,15-40H,1-4,11-14H2. The van der Waals surface area contributed by atoms with Crippen molar-refractivity contribution in [3.63, 3.8) is 0 Å². The molecule has 4 nitrogen and oxygen atoms in total. The first-order valence-electron chi connectivity index (χ1n) is 24.0. The monoisotopic (exact) mass is 852 g/mol. The van der Waals surface area contributed by atoms with Gasteiger partial charge in [-0.1, -0.05) is 147 Å². The molecule has 2 fully saturated rings. The van der Waals surface area contributed by atoms with Crippen LogP contribution < -0.4 is 9.80 Å². The predicted molar refractivity (Wildman–Crippen MR) is 276 cm³/mol. The number of benzene rings is 10. The van der Waals surface area contributed by atoms with E-state index in [0.29, 0.717) is 11.8 Å². The molecule has 66 heavy (non-hydrogen) atoms. The molecule has 2 saturated carbocycles. The summed E-state index contributed by atoms with van der Waals surface area (Å²) in [6, 6.07) is 67.4. The van der Waals surface area contributed by atoms with Gasteiger partial charge in [-0.15, -0.1) is 0 Å². The molecule has 2 aliphatic carbocycles. The third kappa shape index (κ3) is 5.83. The molecular formula is C62H48N2O2. The fraction of sp³-hybridized carbons (Fsp3) is 0.161. The van der Waals surface area contributed by atoms with E-state index < -0.39 is 0 Å². The fourth-order valence-corrected chi connectivity index (χ4v) is 12.1. The minimum atomic E-state index is 0.638. The number of para-hydroxylation sites is 4. The van der Waals surface area contributed by atoms with Gasteiger partial charge in [0.15, 0.2) is 11.2 Å². The van der Waals surface area contributed by atoms with Gasteiger partial charge in [0.05, 0.1) is 22.7 Å². The van der Waals surface area contributed by atoms with E-state index in [1.54, 1.807) is 0 Å². The third-order valence-corrected chi connectivity index (χ3v) is 15.3. The summed E-state index contributed by atoms with van der Waals surface area (Å²) in [5.74, 6) is 1.28. The number of rotatable bonds is 8. The Balaban J connectivity index is 0.999. The van der Waals surface area contributed by atoms with Crippen molar-refractivity contribution >= 4 is 110 Å². The van der Waals surface area contributed by atoms with Gasteiger partial charge in [-0.25, -0.2) is 0 Å². The van der Waals surface area contributed by atoms with Crippen molar-refractivity contribution in [2.24, 2.45) is 0 Å². The molecule has 0 bridgehead atoms. The van der Waals surface area contributed by atoms with E-state index in [4.69, 9.17) is 8.83 Å². The van der Waals surface area contributed by atoms with Gasteiger partial charge in [-0.05, 0) is 131 Å². The van der Waals surface area contributed by atoms with Gasteiger partial charge in [0.1, 0.15) is 11.2 Å². The number of furan rings is 2. The molecule has 0 radical (unpaired) electrons. The Morgan fingerprint density at radius 2 is 0.712 bits per heavy atom. The molecule has 2 aromatic heterocycles. The highest BCUT2D eigenvalue weighted by molar-refractivity contribution is 6.28. The Bertz CT molecular complexity index is 3540. The van der Waals surface area contributed by atoms with E-state index in [9.17, 15) is 0 Å². The fourth-order valence-electron chi connectivity index (χ4n) is 12.1. The van der Waals surface area contributed by atoms with Gasteiger partial charge in [-0.3, -0.25) is 0 Å². The third-order valence-electron chi connectivity index (χ3n) is 15.3. The molecule has 14 rings (SSSR count). The number of hydrogen-bond acceptors (Lipinski definition) is 4. The Hall–Kier alpha value is -7.56. The van der Waals surface area contributed by atoms with E-state index in [-0.39, 0.29) is 0 Å². The average Bonchev–Trinajstić information content (AvgIpc) is 4.23. The van der Waals surface area contributed by atoms with Gasteiger partial charge in [0, 0.05) is 43.7 Å². The summed E-state index contributed by atoms with van der Waals surface area (Å²) in [5.41, 5.74) is 13.0. The molecule has 0 amide bonds. The molecular weight excluding hydrogens is 805 g/mol. The lowest BCUT2D eigenvalue weighted by atomic mass is 9.91. The van der Waals surface area contributed by atoms with Crippen LogP contribution in [0, 0.1) is 0 Å².